The maximum atomic E-state index is 9.34. The predicted molar refractivity (Wildman–Crippen MR) is 96.7 cm³/mol. The van der Waals surface area contributed by atoms with Crippen molar-refractivity contribution in [2.24, 2.45) is 0 Å². The van der Waals surface area contributed by atoms with Crippen molar-refractivity contribution in [2.75, 3.05) is 0 Å². The van der Waals surface area contributed by atoms with E-state index in [0.717, 1.165) is 21.9 Å². The van der Waals surface area contributed by atoms with Gasteiger partial charge in [-0.1, -0.05) is 72.8 Å². The molecule has 0 radical (unpaired) electrons. The smallest absolute Gasteiger partial charge is 0.423 e. The Hall–Kier alpha value is -2.62. The summed E-state index contributed by atoms with van der Waals surface area (Å²) in [4.78, 5) is 0. The Morgan fingerprint density at radius 3 is 2.22 bits per heavy atom. The third-order valence-electron chi connectivity index (χ3n) is 4.26. The Kier molecular flexibility index (Phi) is 3.38. The number of benzene rings is 4. The second-order valence-electron chi connectivity index (χ2n) is 5.72. The Morgan fingerprint density at radius 2 is 1.39 bits per heavy atom. The average molecular weight is 298 g/mol. The molecule has 0 aliphatic rings. The van der Waals surface area contributed by atoms with Gasteiger partial charge in [0.25, 0.3) is 0 Å². The van der Waals surface area contributed by atoms with Crippen LogP contribution < -0.4 is 5.46 Å². The van der Waals surface area contributed by atoms with Crippen LogP contribution in [0.3, 0.4) is 0 Å². The molecule has 0 bridgehead atoms. The first-order valence-electron chi connectivity index (χ1n) is 7.60. The highest BCUT2D eigenvalue weighted by molar-refractivity contribution is 6.58. The molecule has 4 aromatic rings. The van der Waals surface area contributed by atoms with E-state index in [1.807, 2.05) is 36.4 Å². The van der Waals surface area contributed by atoms with Gasteiger partial charge in [0, 0.05) is 0 Å². The lowest BCUT2D eigenvalue weighted by molar-refractivity contribution is 0.426. The van der Waals surface area contributed by atoms with Gasteiger partial charge < -0.3 is 10.0 Å². The molecule has 110 valence electrons. The van der Waals surface area contributed by atoms with Crippen LogP contribution >= 0.6 is 0 Å². The van der Waals surface area contributed by atoms with E-state index in [2.05, 4.69) is 36.4 Å². The minimum Gasteiger partial charge on any atom is -0.423 e. The molecule has 0 aromatic heterocycles. The molecule has 4 rings (SSSR count). The van der Waals surface area contributed by atoms with Crippen LogP contribution in [-0.2, 0) is 0 Å². The zero-order valence-electron chi connectivity index (χ0n) is 12.5. The summed E-state index contributed by atoms with van der Waals surface area (Å²) in [6.45, 7) is 0. The summed E-state index contributed by atoms with van der Waals surface area (Å²) in [5.74, 6) is 0. The molecular formula is C20H15BO2. The minimum atomic E-state index is -1.44. The molecular weight excluding hydrogens is 283 g/mol. The summed E-state index contributed by atoms with van der Waals surface area (Å²) in [7, 11) is -1.44. The SMILES string of the molecule is OB(O)c1ccc2c(-c3ccc4ccccc4c3)cccc2c1. The van der Waals surface area contributed by atoms with Crippen molar-refractivity contribution in [3.8, 4) is 11.1 Å². The zero-order valence-corrected chi connectivity index (χ0v) is 12.5. The first-order valence-corrected chi connectivity index (χ1v) is 7.60. The Morgan fingerprint density at radius 1 is 0.609 bits per heavy atom. The summed E-state index contributed by atoms with van der Waals surface area (Å²) >= 11 is 0. The molecule has 2 N–H and O–H groups in total. The lowest BCUT2D eigenvalue weighted by Gasteiger charge is -2.10. The molecule has 3 heteroatoms. The largest absolute Gasteiger partial charge is 0.488 e. The molecule has 0 saturated carbocycles. The van der Waals surface area contributed by atoms with E-state index in [9.17, 15) is 10.0 Å². The van der Waals surface area contributed by atoms with Gasteiger partial charge in [-0.05, 0) is 44.2 Å². The molecule has 0 aliphatic carbocycles. The van der Waals surface area contributed by atoms with Crippen molar-refractivity contribution in [2.45, 2.75) is 0 Å². The molecule has 0 heterocycles. The van der Waals surface area contributed by atoms with Gasteiger partial charge in [-0.25, -0.2) is 0 Å². The van der Waals surface area contributed by atoms with Crippen LogP contribution in [0.1, 0.15) is 0 Å². The maximum Gasteiger partial charge on any atom is 0.488 e. The lowest BCUT2D eigenvalue weighted by Crippen LogP contribution is -2.29. The summed E-state index contributed by atoms with van der Waals surface area (Å²) in [6, 6.07) is 26.4. The van der Waals surface area contributed by atoms with Gasteiger partial charge in [-0.3, -0.25) is 0 Å². The third kappa shape index (κ3) is 2.50. The highest BCUT2D eigenvalue weighted by Crippen LogP contribution is 2.30. The summed E-state index contributed by atoms with van der Waals surface area (Å²) in [6.07, 6.45) is 0. The van der Waals surface area contributed by atoms with Crippen LogP contribution in [0, 0.1) is 0 Å². The molecule has 0 amide bonds. The normalized spacial score (nSPS) is 11.0. The molecule has 0 saturated heterocycles. The standard InChI is InChI=1S/C20H15BO2/c22-21(23)18-10-11-20-16(13-18)6-3-7-19(20)17-9-8-14-4-1-2-5-15(14)12-17/h1-13,22-23H. The third-order valence-corrected chi connectivity index (χ3v) is 4.26. The average Bonchev–Trinajstić information content (AvgIpc) is 2.60. The van der Waals surface area contributed by atoms with Crippen LogP contribution in [0.15, 0.2) is 78.9 Å². The van der Waals surface area contributed by atoms with E-state index in [4.69, 9.17) is 0 Å². The zero-order chi connectivity index (χ0) is 15.8. The first kappa shape index (κ1) is 14.0. The first-order chi connectivity index (χ1) is 11.2. The van der Waals surface area contributed by atoms with Gasteiger partial charge in [0.1, 0.15) is 0 Å². The highest BCUT2D eigenvalue weighted by Gasteiger charge is 2.12. The van der Waals surface area contributed by atoms with Crippen LogP contribution in [0.25, 0.3) is 32.7 Å². The maximum absolute atomic E-state index is 9.34. The molecule has 2 nitrogen and oxygen atoms in total. The summed E-state index contributed by atoms with van der Waals surface area (Å²) in [5, 5.41) is 23.2. The van der Waals surface area contributed by atoms with Crippen molar-refractivity contribution in [1.29, 1.82) is 0 Å². The Balaban J connectivity index is 1.93. The fourth-order valence-corrected chi connectivity index (χ4v) is 3.07. The van der Waals surface area contributed by atoms with Crippen molar-refractivity contribution in [3.63, 3.8) is 0 Å². The van der Waals surface area contributed by atoms with Crippen LogP contribution in [-0.4, -0.2) is 17.2 Å². The number of fused-ring (bicyclic) bond motifs is 2. The Bertz CT molecular complexity index is 1010. The van der Waals surface area contributed by atoms with E-state index in [-0.39, 0.29) is 0 Å². The second kappa shape index (κ2) is 5.54. The van der Waals surface area contributed by atoms with E-state index in [0.29, 0.717) is 5.46 Å². The van der Waals surface area contributed by atoms with Gasteiger partial charge in [0.2, 0.25) is 0 Å². The van der Waals surface area contributed by atoms with Crippen LogP contribution in [0.5, 0.6) is 0 Å². The topological polar surface area (TPSA) is 40.5 Å². The van der Waals surface area contributed by atoms with Gasteiger partial charge in [-0.15, -0.1) is 0 Å². The second-order valence-corrected chi connectivity index (χ2v) is 5.72. The molecule has 0 spiro atoms. The number of hydrogen-bond acceptors (Lipinski definition) is 2. The summed E-state index contributed by atoms with van der Waals surface area (Å²) < 4.78 is 0. The van der Waals surface area contributed by atoms with Crippen LogP contribution in [0.2, 0.25) is 0 Å². The van der Waals surface area contributed by atoms with Crippen molar-refractivity contribution < 1.29 is 10.0 Å². The minimum absolute atomic E-state index is 0.508. The highest BCUT2D eigenvalue weighted by atomic mass is 16.4. The van der Waals surface area contributed by atoms with E-state index in [1.54, 1.807) is 6.07 Å². The van der Waals surface area contributed by atoms with Crippen LogP contribution in [0.4, 0.5) is 0 Å². The van der Waals surface area contributed by atoms with E-state index in [1.165, 1.54) is 10.8 Å². The van der Waals surface area contributed by atoms with E-state index >= 15 is 0 Å². The summed E-state index contributed by atoms with van der Waals surface area (Å²) in [5.41, 5.74) is 2.81. The fraction of sp³-hybridized carbons (Fsp3) is 0. The molecule has 4 aromatic carbocycles. The van der Waals surface area contributed by atoms with Crippen molar-refractivity contribution in [1.82, 2.24) is 0 Å². The van der Waals surface area contributed by atoms with Crippen molar-refractivity contribution in [3.05, 3.63) is 78.9 Å². The van der Waals surface area contributed by atoms with Gasteiger partial charge in [-0.2, -0.15) is 0 Å². The lowest BCUT2D eigenvalue weighted by atomic mass is 9.79. The monoisotopic (exact) mass is 298 g/mol. The fourth-order valence-electron chi connectivity index (χ4n) is 3.07. The molecule has 23 heavy (non-hydrogen) atoms. The Labute approximate surface area is 134 Å². The van der Waals surface area contributed by atoms with Gasteiger partial charge in [0.05, 0.1) is 0 Å². The molecule has 0 fully saturated rings. The van der Waals surface area contributed by atoms with Gasteiger partial charge >= 0.3 is 7.12 Å². The molecule has 0 unspecified atom stereocenters. The molecule has 0 atom stereocenters. The van der Waals surface area contributed by atoms with Gasteiger partial charge in [0.15, 0.2) is 0 Å². The number of hydrogen-bond donors (Lipinski definition) is 2. The molecule has 0 aliphatic heterocycles. The quantitative estimate of drug-likeness (QED) is 0.557. The van der Waals surface area contributed by atoms with E-state index < -0.39 is 7.12 Å². The predicted octanol–water partition coefficient (Wildman–Crippen LogP) is 3.34. The number of rotatable bonds is 2. The van der Waals surface area contributed by atoms with Crippen molar-refractivity contribution >= 4 is 34.1 Å².